The van der Waals surface area contributed by atoms with Gasteiger partial charge in [0.15, 0.2) is 0 Å². The molecular formula is C21H24F3NO6. The molecule has 1 heterocycles. The fourth-order valence-electron chi connectivity index (χ4n) is 3.31. The fourth-order valence-corrected chi connectivity index (χ4v) is 3.31. The minimum Gasteiger partial charge on any atom is -0.437 e. The van der Waals surface area contributed by atoms with Crippen molar-refractivity contribution >= 4 is 12.3 Å². The lowest BCUT2D eigenvalue weighted by atomic mass is 9.89. The van der Waals surface area contributed by atoms with Gasteiger partial charge in [-0.2, -0.15) is 13.2 Å². The van der Waals surface area contributed by atoms with Gasteiger partial charge in [-0.3, -0.25) is 0 Å². The molecule has 31 heavy (non-hydrogen) atoms. The van der Waals surface area contributed by atoms with Gasteiger partial charge in [-0.15, -0.1) is 0 Å². The number of carbonyl (C=O) groups excluding carboxylic acids is 2. The summed E-state index contributed by atoms with van der Waals surface area (Å²) in [6.07, 6.45) is -5.83. The third-order valence-corrected chi connectivity index (χ3v) is 4.79. The first kappa shape index (κ1) is 24.1. The van der Waals surface area contributed by atoms with E-state index in [2.05, 4.69) is 9.47 Å². The van der Waals surface area contributed by atoms with E-state index >= 15 is 0 Å². The molecule has 0 amide bonds. The van der Waals surface area contributed by atoms with Gasteiger partial charge >= 0.3 is 18.5 Å². The second-order valence-corrected chi connectivity index (χ2v) is 6.72. The van der Waals surface area contributed by atoms with Gasteiger partial charge in [0, 0.05) is 6.54 Å². The quantitative estimate of drug-likeness (QED) is 0.553. The van der Waals surface area contributed by atoms with E-state index in [4.69, 9.17) is 9.47 Å². The second kappa shape index (κ2) is 9.76. The van der Waals surface area contributed by atoms with Gasteiger partial charge < -0.3 is 23.8 Å². The molecule has 1 aromatic carbocycles. The Kier molecular flexibility index (Phi) is 7.59. The number of halogens is 3. The number of hydrogen-bond donors (Lipinski definition) is 0. The van der Waals surface area contributed by atoms with Gasteiger partial charge in [0.05, 0.1) is 31.2 Å². The van der Waals surface area contributed by atoms with Gasteiger partial charge in [-0.05, 0) is 38.0 Å². The molecule has 10 heteroatoms. The van der Waals surface area contributed by atoms with Crippen LogP contribution in [0.4, 0.5) is 22.8 Å². The normalized spacial score (nSPS) is 15.2. The Morgan fingerprint density at radius 2 is 1.39 bits per heavy atom. The van der Waals surface area contributed by atoms with Crippen LogP contribution in [-0.2, 0) is 25.1 Å². The molecule has 0 bridgehead atoms. The average molecular weight is 443 g/mol. The van der Waals surface area contributed by atoms with Crippen molar-refractivity contribution in [1.82, 2.24) is 4.90 Å². The van der Waals surface area contributed by atoms with Crippen LogP contribution >= 0.6 is 0 Å². The predicted octanol–water partition coefficient (Wildman–Crippen LogP) is 5.54. The van der Waals surface area contributed by atoms with E-state index in [9.17, 15) is 22.8 Å². The monoisotopic (exact) mass is 443 g/mol. The molecule has 170 valence electrons. The number of rotatable bonds is 5. The standard InChI is InChI=1S/C21H24F3NO6/c1-6-11-25-12(2)17(30-19(26)28-4)16(18(13(25)3)31-20(27)29-5)14-7-9-15(10-8-14)21(22,23)24/h7-10,16H,6,11H2,1-5H3. The van der Waals surface area contributed by atoms with E-state index in [-0.39, 0.29) is 11.5 Å². The molecule has 1 aliphatic rings. The van der Waals surface area contributed by atoms with Gasteiger partial charge in [0.25, 0.3) is 0 Å². The van der Waals surface area contributed by atoms with E-state index in [0.717, 1.165) is 32.8 Å². The van der Waals surface area contributed by atoms with Crippen molar-refractivity contribution in [2.24, 2.45) is 0 Å². The summed E-state index contributed by atoms with van der Waals surface area (Å²) in [5.74, 6) is -0.831. The summed E-state index contributed by atoms with van der Waals surface area (Å²) in [7, 11) is 2.26. The van der Waals surface area contributed by atoms with E-state index in [1.165, 1.54) is 12.1 Å². The Labute approximate surface area is 178 Å². The van der Waals surface area contributed by atoms with Crippen LogP contribution in [0.5, 0.6) is 0 Å². The van der Waals surface area contributed by atoms with E-state index in [1.54, 1.807) is 18.7 Å². The molecule has 0 aromatic heterocycles. The van der Waals surface area contributed by atoms with Gasteiger partial charge in [-0.1, -0.05) is 19.1 Å². The smallest absolute Gasteiger partial charge is 0.437 e. The van der Waals surface area contributed by atoms with Crippen molar-refractivity contribution in [3.8, 4) is 0 Å². The molecule has 0 saturated carbocycles. The predicted molar refractivity (Wildman–Crippen MR) is 104 cm³/mol. The number of alkyl halides is 3. The number of ether oxygens (including phenoxy) is 4. The van der Waals surface area contributed by atoms with Crippen LogP contribution in [0, 0.1) is 0 Å². The van der Waals surface area contributed by atoms with Crippen LogP contribution in [0.3, 0.4) is 0 Å². The van der Waals surface area contributed by atoms with Crippen molar-refractivity contribution in [2.45, 2.75) is 39.3 Å². The minimum absolute atomic E-state index is 0.0737. The Hall–Kier alpha value is -3.17. The van der Waals surface area contributed by atoms with E-state index < -0.39 is 30.0 Å². The molecule has 0 atom stereocenters. The summed E-state index contributed by atoms with van der Waals surface area (Å²) in [4.78, 5) is 25.6. The lowest BCUT2D eigenvalue weighted by molar-refractivity contribution is -0.137. The van der Waals surface area contributed by atoms with Crippen molar-refractivity contribution < 1.29 is 41.7 Å². The van der Waals surface area contributed by atoms with Crippen LogP contribution in [0.2, 0.25) is 0 Å². The Morgan fingerprint density at radius 1 is 0.935 bits per heavy atom. The molecular weight excluding hydrogens is 419 g/mol. The molecule has 1 aliphatic heterocycles. The number of allylic oxidation sites excluding steroid dienone is 2. The molecule has 0 fully saturated rings. The summed E-state index contributed by atoms with van der Waals surface area (Å²) in [5.41, 5.74) is 0.548. The van der Waals surface area contributed by atoms with Crippen molar-refractivity contribution in [3.05, 3.63) is 58.3 Å². The van der Waals surface area contributed by atoms with Crippen molar-refractivity contribution in [1.29, 1.82) is 0 Å². The summed E-state index contributed by atoms with van der Waals surface area (Å²) in [6.45, 7) is 5.84. The lowest BCUT2D eigenvalue weighted by Gasteiger charge is -2.37. The molecule has 7 nitrogen and oxygen atoms in total. The third kappa shape index (κ3) is 5.31. The molecule has 0 spiro atoms. The fraction of sp³-hybridized carbons (Fsp3) is 0.429. The van der Waals surface area contributed by atoms with Gasteiger partial charge in [0.2, 0.25) is 0 Å². The maximum absolute atomic E-state index is 13.0. The third-order valence-electron chi connectivity index (χ3n) is 4.79. The number of nitrogens with zero attached hydrogens (tertiary/aromatic N) is 1. The first-order valence-corrected chi connectivity index (χ1v) is 9.42. The second-order valence-electron chi connectivity index (χ2n) is 6.72. The highest BCUT2D eigenvalue weighted by Crippen LogP contribution is 2.43. The summed E-state index contributed by atoms with van der Waals surface area (Å²) in [6, 6.07) is 4.30. The Morgan fingerprint density at radius 3 is 1.74 bits per heavy atom. The molecule has 0 radical (unpaired) electrons. The number of hydrogen-bond acceptors (Lipinski definition) is 7. The van der Waals surface area contributed by atoms with E-state index in [1.807, 2.05) is 6.92 Å². The highest BCUT2D eigenvalue weighted by Gasteiger charge is 2.39. The summed E-state index contributed by atoms with van der Waals surface area (Å²) in [5, 5.41) is 0. The minimum atomic E-state index is -4.52. The van der Waals surface area contributed by atoms with Gasteiger partial charge in [0.1, 0.15) is 17.4 Å². The number of benzene rings is 1. The number of carbonyl (C=O) groups is 2. The first-order chi connectivity index (χ1) is 14.5. The largest absolute Gasteiger partial charge is 0.513 e. The summed E-state index contributed by atoms with van der Waals surface area (Å²) < 4.78 is 59.0. The molecule has 0 unspecified atom stereocenters. The number of methoxy groups -OCH3 is 2. The SMILES string of the molecule is CCCN1C(C)=C(OC(=O)OC)C(c2ccc(C(F)(F)F)cc2)C(OC(=O)OC)=C1C. The van der Waals surface area contributed by atoms with Crippen LogP contribution in [0.25, 0.3) is 0 Å². The maximum atomic E-state index is 13.0. The molecule has 2 rings (SSSR count). The Bertz CT molecular complexity index is 847. The van der Waals surface area contributed by atoms with Crippen molar-refractivity contribution in [2.75, 3.05) is 20.8 Å². The zero-order valence-corrected chi connectivity index (χ0v) is 17.8. The van der Waals surface area contributed by atoms with Crippen LogP contribution in [0.15, 0.2) is 47.2 Å². The zero-order chi connectivity index (χ0) is 23.3. The average Bonchev–Trinajstić information content (AvgIpc) is 2.73. The topological polar surface area (TPSA) is 74.3 Å². The highest BCUT2D eigenvalue weighted by atomic mass is 19.4. The van der Waals surface area contributed by atoms with E-state index in [0.29, 0.717) is 23.5 Å². The van der Waals surface area contributed by atoms with Gasteiger partial charge in [-0.25, -0.2) is 9.59 Å². The van der Waals surface area contributed by atoms with Crippen LogP contribution < -0.4 is 0 Å². The molecule has 1 aromatic rings. The first-order valence-electron chi connectivity index (χ1n) is 9.42. The van der Waals surface area contributed by atoms with Crippen LogP contribution in [-0.4, -0.2) is 38.0 Å². The zero-order valence-electron chi connectivity index (χ0n) is 17.8. The molecule has 0 saturated heterocycles. The summed E-state index contributed by atoms with van der Waals surface area (Å²) >= 11 is 0. The Balaban J connectivity index is 2.67. The molecule has 0 N–H and O–H groups in total. The lowest BCUT2D eigenvalue weighted by Crippen LogP contribution is -2.33. The molecule has 0 aliphatic carbocycles. The highest BCUT2D eigenvalue weighted by molar-refractivity contribution is 5.65. The van der Waals surface area contributed by atoms with Crippen LogP contribution in [0.1, 0.15) is 44.2 Å². The van der Waals surface area contributed by atoms with Crippen molar-refractivity contribution in [3.63, 3.8) is 0 Å². The maximum Gasteiger partial charge on any atom is 0.513 e.